The first-order valence-corrected chi connectivity index (χ1v) is 9.15. The average Bonchev–Trinajstić information content (AvgIpc) is 3.04. The lowest BCUT2D eigenvalue weighted by Crippen LogP contribution is -2.43. The van der Waals surface area contributed by atoms with Gasteiger partial charge in [-0.2, -0.15) is 0 Å². The van der Waals surface area contributed by atoms with Crippen molar-refractivity contribution in [3.8, 4) is 0 Å². The van der Waals surface area contributed by atoms with Gasteiger partial charge in [0.2, 0.25) is 0 Å². The third-order valence-corrected chi connectivity index (χ3v) is 5.36. The predicted octanol–water partition coefficient (Wildman–Crippen LogP) is 1.76. The summed E-state index contributed by atoms with van der Waals surface area (Å²) in [6.45, 7) is 4.68. The molecule has 1 saturated heterocycles. The number of thiazole rings is 1. The summed E-state index contributed by atoms with van der Waals surface area (Å²) in [5, 5.41) is 6.31. The fourth-order valence-electron chi connectivity index (χ4n) is 2.88. The molecule has 2 N–H and O–H groups in total. The van der Waals surface area contributed by atoms with Crippen molar-refractivity contribution in [3.05, 3.63) is 24.3 Å². The maximum Gasteiger partial charge on any atom is 0.309 e. The highest BCUT2D eigenvalue weighted by Crippen LogP contribution is 2.31. The van der Waals surface area contributed by atoms with Gasteiger partial charge in [-0.15, -0.1) is 0 Å². The highest BCUT2D eigenvalue weighted by Gasteiger charge is 2.22. The van der Waals surface area contributed by atoms with Gasteiger partial charge in [0.25, 0.3) is 0 Å². The van der Waals surface area contributed by atoms with Gasteiger partial charge in [0.15, 0.2) is 5.13 Å². The summed E-state index contributed by atoms with van der Waals surface area (Å²) in [5.74, 6) is -0.677. The Labute approximate surface area is 145 Å². The number of carbonyl (C=O) groups is 2. The lowest BCUT2D eigenvalue weighted by atomic mass is 9.97. The number of carbonyl (C=O) groups excluding carboxylic acids is 2. The molecule has 0 unspecified atom stereocenters. The fourth-order valence-corrected chi connectivity index (χ4v) is 3.90. The summed E-state index contributed by atoms with van der Waals surface area (Å²) in [7, 11) is 0. The van der Waals surface area contributed by atoms with Gasteiger partial charge in [0.1, 0.15) is 0 Å². The number of anilines is 1. The SMILES string of the molecule is CCNC(=O)C(=O)NCC1CCN(c2nc3ccccc3s2)CC1. The van der Waals surface area contributed by atoms with Crippen LogP contribution in [0.1, 0.15) is 19.8 Å². The fraction of sp³-hybridized carbons (Fsp3) is 0.471. The number of likely N-dealkylation sites (N-methyl/N-ethyl adjacent to an activating group) is 1. The maximum absolute atomic E-state index is 11.6. The molecule has 2 aromatic rings. The van der Waals surface area contributed by atoms with Crippen molar-refractivity contribution in [3.63, 3.8) is 0 Å². The minimum Gasteiger partial charge on any atom is -0.348 e. The molecule has 0 spiro atoms. The van der Waals surface area contributed by atoms with Crippen molar-refractivity contribution in [1.82, 2.24) is 15.6 Å². The zero-order valence-electron chi connectivity index (χ0n) is 13.7. The average molecular weight is 346 g/mol. The van der Waals surface area contributed by atoms with Crippen LogP contribution in [0, 0.1) is 5.92 Å². The molecule has 2 amide bonds. The summed E-state index contributed by atoms with van der Waals surface area (Å²) < 4.78 is 1.21. The van der Waals surface area contributed by atoms with E-state index in [0.717, 1.165) is 36.6 Å². The van der Waals surface area contributed by atoms with Gasteiger partial charge >= 0.3 is 11.8 Å². The van der Waals surface area contributed by atoms with E-state index < -0.39 is 11.8 Å². The van der Waals surface area contributed by atoms with Crippen LogP contribution in [0.25, 0.3) is 10.2 Å². The lowest BCUT2D eigenvalue weighted by molar-refractivity contribution is -0.139. The standard InChI is InChI=1S/C17H22N4O2S/c1-2-18-15(22)16(23)19-11-12-7-9-21(10-8-12)17-20-13-5-3-4-6-14(13)24-17/h3-6,12H,2,7-11H2,1H3,(H,18,22)(H,19,23). The molecule has 128 valence electrons. The third kappa shape index (κ3) is 3.84. The van der Waals surface area contributed by atoms with Gasteiger partial charge in [-0.05, 0) is 37.8 Å². The molecule has 1 aliphatic heterocycles. The number of rotatable bonds is 4. The summed E-state index contributed by atoms with van der Waals surface area (Å²) in [6, 6.07) is 8.18. The number of para-hydroxylation sites is 1. The molecular formula is C17H22N4O2S. The molecule has 6 nitrogen and oxygen atoms in total. The Morgan fingerprint density at radius 2 is 1.92 bits per heavy atom. The third-order valence-electron chi connectivity index (χ3n) is 4.26. The number of aromatic nitrogens is 1. The van der Waals surface area contributed by atoms with E-state index in [2.05, 4.69) is 21.6 Å². The number of fused-ring (bicyclic) bond motifs is 1. The molecule has 3 rings (SSSR count). The van der Waals surface area contributed by atoms with Crippen LogP contribution in [0.2, 0.25) is 0 Å². The number of benzene rings is 1. The Morgan fingerprint density at radius 1 is 1.21 bits per heavy atom. The van der Waals surface area contributed by atoms with E-state index in [1.165, 1.54) is 4.70 Å². The number of nitrogens with zero attached hydrogens (tertiary/aromatic N) is 2. The van der Waals surface area contributed by atoms with Crippen molar-refractivity contribution >= 4 is 38.5 Å². The van der Waals surface area contributed by atoms with Gasteiger partial charge < -0.3 is 15.5 Å². The van der Waals surface area contributed by atoms with Crippen LogP contribution in [0.15, 0.2) is 24.3 Å². The van der Waals surface area contributed by atoms with Gasteiger partial charge in [0, 0.05) is 26.2 Å². The van der Waals surface area contributed by atoms with E-state index in [0.29, 0.717) is 19.0 Å². The first kappa shape index (κ1) is 16.7. The Bertz CT molecular complexity index is 689. The largest absolute Gasteiger partial charge is 0.348 e. The van der Waals surface area contributed by atoms with Gasteiger partial charge in [0.05, 0.1) is 10.2 Å². The van der Waals surface area contributed by atoms with E-state index in [-0.39, 0.29) is 0 Å². The molecule has 2 heterocycles. The van der Waals surface area contributed by atoms with E-state index >= 15 is 0 Å². The zero-order chi connectivity index (χ0) is 16.9. The predicted molar refractivity (Wildman–Crippen MR) is 96.3 cm³/mol. The minimum absolute atomic E-state index is 0.411. The van der Waals surface area contributed by atoms with Crippen LogP contribution in [0.4, 0.5) is 5.13 Å². The first-order chi connectivity index (χ1) is 11.7. The highest BCUT2D eigenvalue weighted by atomic mass is 32.1. The molecule has 0 atom stereocenters. The van der Waals surface area contributed by atoms with Gasteiger partial charge in [-0.1, -0.05) is 23.5 Å². The van der Waals surface area contributed by atoms with E-state index in [1.54, 1.807) is 18.3 Å². The summed E-state index contributed by atoms with van der Waals surface area (Å²) in [6.07, 6.45) is 1.98. The highest BCUT2D eigenvalue weighted by molar-refractivity contribution is 7.22. The number of hydrogen-bond donors (Lipinski definition) is 2. The second-order valence-electron chi connectivity index (χ2n) is 5.96. The monoisotopic (exact) mass is 346 g/mol. The van der Waals surface area contributed by atoms with Crippen LogP contribution >= 0.6 is 11.3 Å². The first-order valence-electron chi connectivity index (χ1n) is 8.34. The topological polar surface area (TPSA) is 74.3 Å². The molecule has 1 aliphatic rings. The van der Waals surface area contributed by atoms with Crippen LogP contribution in [-0.2, 0) is 9.59 Å². The number of nitrogens with one attached hydrogen (secondary N) is 2. The number of piperidine rings is 1. The van der Waals surface area contributed by atoms with Crippen molar-refractivity contribution in [2.45, 2.75) is 19.8 Å². The smallest absolute Gasteiger partial charge is 0.309 e. The van der Waals surface area contributed by atoms with Crippen molar-refractivity contribution in [1.29, 1.82) is 0 Å². The normalized spacial score (nSPS) is 15.5. The molecule has 0 bridgehead atoms. The molecule has 7 heteroatoms. The van der Waals surface area contributed by atoms with Crippen molar-refractivity contribution in [2.24, 2.45) is 5.92 Å². The molecule has 0 radical (unpaired) electrons. The molecule has 1 aromatic carbocycles. The number of amides is 2. The molecular weight excluding hydrogens is 324 g/mol. The van der Waals surface area contributed by atoms with E-state index in [9.17, 15) is 9.59 Å². The Balaban J connectivity index is 1.49. The molecule has 1 fully saturated rings. The Kier molecular flexibility index (Phi) is 5.30. The summed E-state index contributed by atoms with van der Waals surface area (Å²) >= 11 is 1.72. The van der Waals surface area contributed by atoms with Crippen LogP contribution in [0.3, 0.4) is 0 Å². The second-order valence-corrected chi connectivity index (χ2v) is 6.97. The van der Waals surface area contributed by atoms with Crippen molar-refractivity contribution < 1.29 is 9.59 Å². The Morgan fingerprint density at radius 3 is 2.62 bits per heavy atom. The zero-order valence-corrected chi connectivity index (χ0v) is 14.6. The summed E-state index contributed by atoms with van der Waals surface area (Å²) in [4.78, 5) is 30.0. The Hall–Kier alpha value is -2.15. The quantitative estimate of drug-likeness (QED) is 0.828. The molecule has 0 aliphatic carbocycles. The minimum atomic E-state index is -0.551. The van der Waals surface area contributed by atoms with Gasteiger partial charge in [-0.3, -0.25) is 9.59 Å². The van der Waals surface area contributed by atoms with Crippen molar-refractivity contribution in [2.75, 3.05) is 31.1 Å². The molecule has 0 saturated carbocycles. The number of hydrogen-bond acceptors (Lipinski definition) is 5. The van der Waals surface area contributed by atoms with E-state index in [4.69, 9.17) is 4.98 Å². The van der Waals surface area contributed by atoms with Gasteiger partial charge in [-0.25, -0.2) is 4.98 Å². The van der Waals surface area contributed by atoms with Crippen LogP contribution < -0.4 is 15.5 Å². The van der Waals surface area contributed by atoms with E-state index in [1.807, 2.05) is 18.2 Å². The molecule has 1 aromatic heterocycles. The molecule has 24 heavy (non-hydrogen) atoms. The van der Waals surface area contributed by atoms with Crippen LogP contribution in [0.5, 0.6) is 0 Å². The second kappa shape index (κ2) is 7.61. The lowest BCUT2D eigenvalue weighted by Gasteiger charge is -2.31. The maximum atomic E-state index is 11.6. The van der Waals surface area contributed by atoms with Crippen LogP contribution in [-0.4, -0.2) is 43.0 Å². The summed E-state index contributed by atoms with van der Waals surface area (Å²) in [5.41, 5.74) is 1.05.